The van der Waals surface area contributed by atoms with Gasteiger partial charge in [0.1, 0.15) is 23.0 Å². The number of halogens is 2. The number of para-hydroxylation sites is 1. The number of nitrogens with one attached hydrogen (secondary N) is 2. The number of pyridine rings is 1. The fraction of sp³-hybridized carbons (Fsp3) is 0.250. The number of anilines is 2. The van der Waals surface area contributed by atoms with E-state index in [1.807, 2.05) is 0 Å². The van der Waals surface area contributed by atoms with E-state index in [2.05, 4.69) is 15.6 Å². The molecule has 1 aliphatic heterocycles. The van der Waals surface area contributed by atoms with E-state index < -0.39 is 33.1 Å². The van der Waals surface area contributed by atoms with Gasteiger partial charge < -0.3 is 10.6 Å². The third-order valence-electron chi connectivity index (χ3n) is 3.80. The molecule has 9 heteroatoms. The van der Waals surface area contributed by atoms with Crippen LogP contribution in [-0.2, 0) is 9.84 Å². The Morgan fingerprint density at radius 3 is 2.56 bits per heavy atom. The molecule has 2 N–H and O–H groups in total. The summed E-state index contributed by atoms with van der Waals surface area (Å²) < 4.78 is 50.2. The highest BCUT2D eigenvalue weighted by Gasteiger charge is 2.27. The molecule has 1 aromatic heterocycles. The van der Waals surface area contributed by atoms with Crippen molar-refractivity contribution in [3.05, 3.63) is 53.9 Å². The number of hydrogen-bond acceptors (Lipinski definition) is 5. The van der Waals surface area contributed by atoms with Crippen LogP contribution in [0, 0.1) is 11.6 Å². The lowest BCUT2D eigenvalue weighted by Gasteiger charge is -2.13. The first-order valence-electron chi connectivity index (χ1n) is 7.52. The molecule has 0 bridgehead atoms. The molecule has 1 saturated heterocycles. The van der Waals surface area contributed by atoms with Crippen molar-refractivity contribution < 1.29 is 22.0 Å². The minimum atomic E-state index is -3.03. The number of sulfone groups is 1. The van der Waals surface area contributed by atoms with E-state index in [0.29, 0.717) is 12.1 Å². The van der Waals surface area contributed by atoms with Crippen molar-refractivity contribution >= 4 is 27.1 Å². The van der Waals surface area contributed by atoms with Crippen LogP contribution in [0.3, 0.4) is 0 Å². The van der Waals surface area contributed by atoms with Gasteiger partial charge in [-0.3, -0.25) is 9.78 Å². The Morgan fingerprint density at radius 1 is 1.20 bits per heavy atom. The number of amides is 1. The van der Waals surface area contributed by atoms with Crippen molar-refractivity contribution in [3.63, 3.8) is 0 Å². The van der Waals surface area contributed by atoms with Gasteiger partial charge >= 0.3 is 0 Å². The van der Waals surface area contributed by atoms with Crippen LogP contribution < -0.4 is 10.6 Å². The highest BCUT2D eigenvalue weighted by atomic mass is 32.2. The van der Waals surface area contributed by atoms with Gasteiger partial charge in [-0.15, -0.1) is 0 Å². The van der Waals surface area contributed by atoms with Crippen LogP contribution in [0.4, 0.5) is 20.2 Å². The van der Waals surface area contributed by atoms with E-state index in [4.69, 9.17) is 0 Å². The Bertz CT molecular complexity index is 898. The number of hydrogen-bond donors (Lipinski definition) is 2. The molecule has 1 aliphatic rings. The SMILES string of the molecule is O=C(Nc1c(F)cccc1F)c1cc(NC2CCS(=O)(=O)C2)ccn1. The summed E-state index contributed by atoms with van der Waals surface area (Å²) >= 11 is 0. The lowest BCUT2D eigenvalue weighted by Crippen LogP contribution is -2.21. The third kappa shape index (κ3) is 4.11. The summed E-state index contributed by atoms with van der Waals surface area (Å²) in [4.78, 5) is 16.1. The van der Waals surface area contributed by atoms with Crippen LogP contribution in [-0.4, -0.2) is 36.9 Å². The summed E-state index contributed by atoms with van der Waals surface area (Å²) in [5.41, 5.74) is -0.0840. The fourth-order valence-corrected chi connectivity index (χ4v) is 4.26. The second kappa shape index (κ2) is 6.75. The topological polar surface area (TPSA) is 88.2 Å². The summed E-state index contributed by atoms with van der Waals surface area (Å²) in [5.74, 6) is -2.41. The molecule has 2 heterocycles. The lowest BCUT2D eigenvalue weighted by atomic mass is 10.2. The average molecular weight is 367 g/mol. The van der Waals surface area contributed by atoms with Crippen LogP contribution in [0.5, 0.6) is 0 Å². The molecule has 1 amide bonds. The van der Waals surface area contributed by atoms with E-state index >= 15 is 0 Å². The Morgan fingerprint density at radius 2 is 1.92 bits per heavy atom. The van der Waals surface area contributed by atoms with Crippen molar-refractivity contribution in [1.82, 2.24) is 4.98 Å². The number of nitrogens with zero attached hydrogens (tertiary/aromatic N) is 1. The molecule has 0 radical (unpaired) electrons. The zero-order valence-electron chi connectivity index (χ0n) is 13.0. The fourth-order valence-electron chi connectivity index (χ4n) is 2.58. The first kappa shape index (κ1) is 17.3. The average Bonchev–Trinajstić information content (AvgIpc) is 2.90. The minimum Gasteiger partial charge on any atom is -0.381 e. The highest BCUT2D eigenvalue weighted by molar-refractivity contribution is 7.91. The number of rotatable bonds is 4. The standard InChI is InChI=1S/C16H15F2N3O3S/c17-12-2-1-3-13(18)15(12)21-16(22)14-8-10(4-6-19-14)20-11-5-7-25(23,24)9-11/h1-4,6,8,11H,5,7,9H2,(H,19,20)(H,21,22). The maximum Gasteiger partial charge on any atom is 0.274 e. The molecule has 1 atom stereocenters. The van der Waals surface area contributed by atoms with Crippen LogP contribution in [0.15, 0.2) is 36.5 Å². The van der Waals surface area contributed by atoms with Gasteiger partial charge in [0.25, 0.3) is 5.91 Å². The van der Waals surface area contributed by atoms with Gasteiger partial charge in [0.05, 0.1) is 11.5 Å². The zero-order chi connectivity index (χ0) is 18.0. The molecule has 132 valence electrons. The lowest BCUT2D eigenvalue weighted by molar-refractivity contribution is 0.102. The van der Waals surface area contributed by atoms with Crippen molar-refractivity contribution in [1.29, 1.82) is 0 Å². The predicted octanol–water partition coefficient (Wildman–Crippen LogP) is 2.21. The summed E-state index contributed by atoms with van der Waals surface area (Å²) in [5, 5.41) is 5.18. The van der Waals surface area contributed by atoms with Crippen LogP contribution >= 0.6 is 0 Å². The Balaban J connectivity index is 1.74. The quantitative estimate of drug-likeness (QED) is 0.865. The number of carbonyl (C=O) groups excluding carboxylic acids is 1. The number of aromatic nitrogens is 1. The molecular weight excluding hydrogens is 352 g/mol. The minimum absolute atomic E-state index is 0.0251. The summed E-state index contributed by atoms with van der Waals surface area (Å²) in [6.45, 7) is 0. The van der Waals surface area contributed by atoms with E-state index in [9.17, 15) is 22.0 Å². The first-order chi connectivity index (χ1) is 11.8. The van der Waals surface area contributed by atoms with Crippen LogP contribution in [0.2, 0.25) is 0 Å². The molecule has 6 nitrogen and oxygen atoms in total. The Hall–Kier alpha value is -2.55. The summed E-state index contributed by atoms with van der Waals surface area (Å²) in [6, 6.07) is 6.01. The molecule has 0 aliphatic carbocycles. The maximum atomic E-state index is 13.6. The molecule has 1 unspecified atom stereocenters. The zero-order valence-corrected chi connectivity index (χ0v) is 13.8. The molecule has 3 rings (SSSR count). The van der Waals surface area contributed by atoms with Gasteiger partial charge in [0.15, 0.2) is 9.84 Å². The molecule has 2 aromatic rings. The third-order valence-corrected chi connectivity index (χ3v) is 5.57. The van der Waals surface area contributed by atoms with E-state index in [1.165, 1.54) is 18.3 Å². The van der Waals surface area contributed by atoms with Crippen molar-refractivity contribution in [2.24, 2.45) is 0 Å². The van der Waals surface area contributed by atoms with Crippen molar-refractivity contribution in [2.75, 3.05) is 22.1 Å². The summed E-state index contributed by atoms with van der Waals surface area (Å²) in [6.07, 6.45) is 1.84. The summed E-state index contributed by atoms with van der Waals surface area (Å²) in [7, 11) is -3.03. The molecule has 1 fully saturated rings. The van der Waals surface area contributed by atoms with E-state index in [1.54, 1.807) is 6.07 Å². The van der Waals surface area contributed by atoms with Crippen molar-refractivity contribution in [3.8, 4) is 0 Å². The molecule has 0 spiro atoms. The first-order valence-corrected chi connectivity index (χ1v) is 9.34. The number of carbonyl (C=O) groups is 1. The monoisotopic (exact) mass is 367 g/mol. The van der Waals surface area contributed by atoms with Gasteiger partial charge in [-0.25, -0.2) is 17.2 Å². The predicted molar refractivity (Wildman–Crippen MR) is 89.2 cm³/mol. The number of benzene rings is 1. The van der Waals surface area contributed by atoms with Gasteiger partial charge in [-0.2, -0.15) is 0 Å². The largest absolute Gasteiger partial charge is 0.381 e. The molecular formula is C16H15F2N3O3S. The normalized spacial score (nSPS) is 18.7. The molecule has 25 heavy (non-hydrogen) atoms. The molecule has 1 aromatic carbocycles. The maximum absolute atomic E-state index is 13.6. The van der Waals surface area contributed by atoms with E-state index in [0.717, 1.165) is 12.1 Å². The molecule has 0 saturated carbocycles. The van der Waals surface area contributed by atoms with Gasteiger partial charge in [0, 0.05) is 17.9 Å². The smallest absolute Gasteiger partial charge is 0.274 e. The van der Waals surface area contributed by atoms with Gasteiger partial charge in [0.2, 0.25) is 0 Å². The van der Waals surface area contributed by atoms with Crippen LogP contribution in [0.1, 0.15) is 16.9 Å². The highest BCUT2D eigenvalue weighted by Crippen LogP contribution is 2.20. The van der Waals surface area contributed by atoms with Crippen molar-refractivity contribution in [2.45, 2.75) is 12.5 Å². The van der Waals surface area contributed by atoms with Gasteiger partial charge in [-0.05, 0) is 30.7 Å². The second-order valence-corrected chi connectivity index (χ2v) is 7.95. The van der Waals surface area contributed by atoms with E-state index in [-0.39, 0.29) is 23.2 Å². The van der Waals surface area contributed by atoms with Crippen LogP contribution in [0.25, 0.3) is 0 Å². The Kier molecular flexibility index (Phi) is 4.67. The van der Waals surface area contributed by atoms with Gasteiger partial charge in [-0.1, -0.05) is 6.07 Å². The second-order valence-electron chi connectivity index (χ2n) is 5.72. The Labute approximate surface area is 143 Å².